The van der Waals surface area contributed by atoms with Gasteiger partial charge >= 0.3 is 0 Å². The third kappa shape index (κ3) is 4.45. The Morgan fingerprint density at radius 2 is 2.24 bits per heavy atom. The molecular formula is C17H25FN6O. The second-order valence-electron chi connectivity index (χ2n) is 6.47. The molecule has 3 heterocycles. The van der Waals surface area contributed by atoms with Crippen molar-refractivity contribution in [1.29, 1.82) is 0 Å². The topological polar surface area (TPSA) is 59.3 Å². The number of anilines is 1. The molecule has 7 nitrogen and oxygen atoms in total. The third-order valence-corrected chi connectivity index (χ3v) is 4.42. The highest BCUT2D eigenvalue weighted by molar-refractivity contribution is 5.40. The van der Waals surface area contributed by atoms with Crippen LogP contribution >= 0.6 is 0 Å². The second kappa shape index (κ2) is 7.77. The molecule has 0 N–H and O–H groups in total. The van der Waals surface area contributed by atoms with Crippen molar-refractivity contribution in [2.24, 2.45) is 7.05 Å². The molecule has 2 aromatic rings. The van der Waals surface area contributed by atoms with Gasteiger partial charge in [-0.3, -0.25) is 9.58 Å². The Morgan fingerprint density at radius 1 is 1.40 bits per heavy atom. The predicted molar refractivity (Wildman–Crippen MR) is 93.4 cm³/mol. The molecule has 1 aliphatic rings. The Kier molecular flexibility index (Phi) is 5.47. The van der Waals surface area contributed by atoms with Crippen LogP contribution in [0.4, 0.5) is 10.2 Å². The normalized spacial score (nSPS) is 20.8. The number of halogens is 1. The van der Waals surface area contributed by atoms with Crippen LogP contribution in [0.5, 0.6) is 5.88 Å². The number of nitrogens with zero attached hydrogens (tertiary/aromatic N) is 6. The summed E-state index contributed by atoms with van der Waals surface area (Å²) in [5.74, 6) is 1.34. The van der Waals surface area contributed by atoms with Crippen molar-refractivity contribution in [2.45, 2.75) is 32.1 Å². The van der Waals surface area contributed by atoms with Crippen LogP contribution in [0.25, 0.3) is 0 Å². The van der Waals surface area contributed by atoms with Crippen LogP contribution < -0.4 is 9.64 Å². The molecule has 25 heavy (non-hydrogen) atoms. The van der Waals surface area contributed by atoms with Gasteiger partial charge in [0.15, 0.2) is 0 Å². The highest BCUT2D eigenvalue weighted by atomic mass is 19.1. The van der Waals surface area contributed by atoms with Crippen LogP contribution in [0.2, 0.25) is 0 Å². The molecule has 0 amide bonds. The zero-order valence-electron chi connectivity index (χ0n) is 15.0. The second-order valence-corrected chi connectivity index (χ2v) is 6.47. The van der Waals surface area contributed by atoms with Crippen LogP contribution in [-0.2, 0) is 13.6 Å². The van der Waals surface area contributed by atoms with Gasteiger partial charge in [0.25, 0.3) is 0 Å². The number of hydrogen-bond acceptors (Lipinski definition) is 6. The van der Waals surface area contributed by atoms with E-state index in [0.29, 0.717) is 38.5 Å². The van der Waals surface area contributed by atoms with Crippen molar-refractivity contribution < 1.29 is 9.13 Å². The van der Waals surface area contributed by atoms with E-state index in [-0.39, 0.29) is 6.04 Å². The number of aryl methyl sites for hydroxylation is 1. The monoisotopic (exact) mass is 348 g/mol. The first-order chi connectivity index (χ1) is 12.0. The smallest absolute Gasteiger partial charge is 0.218 e. The summed E-state index contributed by atoms with van der Waals surface area (Å²) in [4.78, 5) is 12.6. The quantitative estimate of drug-likeness (QED) is 0.758. The zero-order valence-corrected chi connectivity index (χ0v) is 15.0. The summed E-state index contributed by atoms with van der Waals surface area (Å²) >= 11 is 0. The van der Waals surface area contributed by atoms with Gasteiger partial charge in [0, 0.05) is 57.6 Å². The van der Waals surface area contributed by atoms with Gasteiger partial charge in [-0.1, -0.05) is 0 Å². The van der Waals surface area contributed by atoms with Crippen LogP contribution in [0.1, 0.15) is 18.9 Å². The van der Waals surface area contributed by atoms with E-state index in [0.717, 1.165) is 11.4 Å². The minimum Gasteiger partial charge on any atom is -0.478 e. The van der Waals surface area contributed by atoms with E-state index >= 15 is 0 Å². The summed E-state index contributed by atoms with van der Waals surface area (Å²) in [7, 11) is 3.85. The molecule has 136 valence electrons. The van der Waals surface area contributed by atoms with E-state index in [4.69, 9.17) is 4.74 Å². The first kappa shape index (κ1) is 17.6. The summed E-state index contributed by atoms with van der Waals surface area (Å²) in [6.07, 6.45) is 5.06. The number of ether oxygens (including phenoxy) is 1. The van der Waals surface area contributed by atoms with E-state index in [2.05, 4.69) is 20.0 Å². The van der Waals surface area contributed by atoms with Gasteiger partial charge in [-0.15, -0.1) is 0 Å². The van der Waals surface area contributed by atoms with Gasteiger partial charge < -0.3 is 9.64 Å². The number of likely N-dealkylation sites (N-methyl/N-ethyl adjacent to an activating group) is 1. The molecule has 0 saturated carbocycles. The molecule has 1 fully saturated rings. The molecule has 0 radical (unpaired) electrons. The van der Waals surface area contributed by atoms with Crippen molar-refractivity contribution in [2.75, 3.05) is 31.6 Å². The molecule has 0 spiro atoms. The Morgan fingerprint density at radius 3 is 2.96 bits per heavy atom. The van der Waals surface area contributed by atoms with Gasteiger partial charge in [-0.25, -0.2) is 14.4 Å². The van der Waals surface area contributed by atoms with E-state index in [9.17, 15) is 4.39 Å². The van der Waals surface area contributed by atoms with Crippen molar-refractivity contribution >= 4 is 5.82 Å². The molecule has 0 unspecified atom stereocenters. The van der Waals surface area contributed by atoms with Crippen LogP contribution in [0.3, 0.4) is 0 Å². The number of aromatic nitrogens is 4. The molecule has 1 aliphatic heterocycles. The summed E-state index contributed by atoms with van der Waals surface area (Å²) in [6.45, 7) is 4.35. The van der Waals surface area contributed by atoms with Crippen LogP contribution in [0.15, 0.2) is 24.8 Å². The molecule has 1 saturated heterocycles. The first-order valence-corrected chi connectivity index (χ1v) is 8.56. The fourth-order valence-electron chi connectivity index (χ4n) is 3.27. The lowest BCUT2D eigenvalue weighted by atomic mass is 10.2. The third-order valence-electron chi connectivity index (χ3n) is 4.42. The molecule has 0 aromatic carbocycles. The van der Waals surface area contributed by atoms with E-state index in [1.54, 1.807) is 4.68 Å². The maximum Gasteiger partial charge on any atom is 0.218 e. The Labute approximate surface area is 147 Å². The molecule has 0 bridgehead atoms. The summed E-state index contributed by atoms with van der Waals surface area (Å²) in [5.41, 5.74) is 1.10. The van der Waals surface area contributed by atoms with Crippen molar-refractivity contribution in [3.63, 3.8) is 0 Å². The number of likely N-dealkylation sites (tertiary alicyclic amines) is 1. The van der Waals surface area contributed by atoms with Crippen molar-refractivity contribution in [1.82, 2.24) is 24.6 Å². The summed E-state index contributed by atoms with van der Waals surface area (Å²) in [5, 5.41) is 4.19. The van der Waals surface area contributed by atoms with Crippen LogP contribution in [-0.4, -0.2) is 63.6 Å². The lowest BCUT2D eigenvalue weighted by molar-refractivity contribution is 0.237. The van der Waals surface area contributed by atoms with Crippen molar-refractivity contribution in [3.8, 4) is 5.88 Å². The SMILES string of the molecule is CCOc1cc(N(C)C[C@@H]2C[C@H](F)CN2Cc2cnn(C)c2)ncn1. The fourth-order valence-corrected chi connectivity index (χ4v) is 3.27. The average Bonchev–Trinajstić information content (AvgIpc) is 3.14. The number of rotatable bonds is 7. The largest absolute Gasteiger partial charge is 0.478 e. The van der Waals surface area contributed by atoms with E-state index in [1.165, 1.54) is 6.33 Å². The van der Waals surface area contributed by atoms with Crippen LogP contribution in [0, 0.1) is 0 Å². The van der Waals surface area contributed by atoms with Gasteiger partial charge in [0.05, 0.1) is 12.8 Å². The Balaban J connectivity index is 1.66. The minimum atomic E-state index is -0.792. The number of alkyl halides is 1. The predicted octanol–water partition coefficient (Wildman–Crippen LogP) is 1.66. The minimum absolute atomic E-state index is 0.130. The highest BCUT2D eigenvalue weighted by Gasteiger charge is 2.33. The van der Waals surface area contributed by atoms with E-state index < -0.39 is 6.17 Å². The summed E-state index contributed by atoms with van der Waals surface area (Å²) < 4.78 is 21.2. The summed E-state index contributed by atoms with van der Waals surface area (Å²) in [6, 6.07) is 1.95. The average molecular weight is 348 g/mol. The van der Waals surface area contributed by atoms with E-state index in [1.807, 2.05) is 44.4 Å². The Hall–Kier alpha value is -2.22. The molecule has 3 rings (SSSR count). The lowest BCUT2D eigenvalue weighted by Gasteiger charge is -2.28. The molecule has 2 aromatic heterocycles. The molecular weight excluding hydrogens is 323 g/mol. The highest BCUT2D eigenvalue weighted by Crippen LogP contribution is 2.25. The van der Waals surface area contributed by atoms with Gasteiger partial charge in [-0.2, -0.15) is 5.10 Å². The fraction of sp³-hybridized carbons (Fsp3) is 0.588. The molecule has 0 aliphatic carbocycles. The Bertz CT molecular complexity index is 693. The standard InChI is InChI=1S/C17H25FN6O/c1-4-25-17-6-16(19-12-20-17)22(2)11-15-5-14(18)10-24(15)9-13-7-21-23(3)8-13/h6-8,12,14-15H,4-5,9-11H2,1-3H3/t14-,15-/m0/s1. The van der Waals surface area contributed by atoms with Crippen molar-refractivity contribution in [3.05, 3.63) is 30.4 Å². The maximum atomic E-state index is 14.0. The lowest BCUT2D eigenvalue weighted by Crippen LogP contribution is -2.38. The molecule has 2 atom stereocenters. The zero-order chi connectivity index (χ0) is 17.8. The maximum absolute atomic E-state index is 14.0. The molecule has 8 heteroatoms. The number of hydrogen-bond donors (Lipinski definition) is 0. The first-order valence-electron chi connectivity index (χ1n) is 8.56. The van der Waals surface area contributed by atoms with Gasteiger partial charge in [0.2, 0.25) is 5.88 Å². The van der Waals surface area contributed by atoms with Gasteiger partial charge in [0.1, 0.15) is 18.3 Å². The van der Waals surface area contributed by atoms with Gasteiger partial charge in [-0.05, 0) is 13.3 Å².